The zero-order valence-corrected chi connectivity index (χ0v) is 14.5. The van der Waals surface area contributed by atoms with Crippen LogP contribution in [0.2, 0.25) is 0 Å². The number of fused-ring (bicyclic) bond motifs is 1. The fraction of sp³-hybridized carbons (Fsp3) is 0.188. The second-order valence-corrected chi connectivity index (χ2v) is 6.26. The molecule has 3 rings (SSSR count). The van der Waals surface area contributed by atoms with Crippen molar-refractivity contribution in [2.75, 3.05) is 11.9 Å². The van der Waals surface area contributed by atoms with Gasteiger partial charge < -0.3 is 15.4 Å². The molecule has 0 aliphatic carbocycles. The highest BCUT2D eigenvalue weighted by Crippen LogP contribution is 2.25. The molecule has 0 spiro atoms. The maximum Gasteiger partial charge on any atom is 0.264 e. The van der Waals surface area contributed by atoms with Gasteiger partial charge in [0.15, 0.2) is 0 Å². The predicted molar refractivity (Wildman–Crippen MR) is 95.7 cm³/mol. The van der Waals surface area contributed by atoms with Crippen LogP contribution in [0.4, 0.5) is 15.8 Å². The van der Waals surface area contributed by atoms with Crippen LogP contribution < -0.4 is 16.4 Å². The zero-order chi connectivity index (χ0) is 18.0. The normalized spacial score (nSPS) is 11.0. The fourth-order valence-corrected chi connectivity index (χ4v) is 2.75. The first-order valence-corrected chi connectivity index (χ1v) is 8.24. The van der Waals surface area contributed by atoms with Crippen molar-refractivity contribution in [2.45, 2.75) is 13.0 Å². The molecule has 0 saturated heterocycles. The van der Waals surface area contributed by atoms with Gasteiger partial charge in [-0.25, -0.2) is 9.37 Å². The van der Waals surface area contributed by atoms with Crippen LogP contribution >= 0.6 is 15.9 Å². The summed E-state index contributed by atoms with van der Waals surface area (Å²) in [6, 6.07) is 5.59. The molecule has 7 nitrogen and oxygen atoms in total. The van der Waals surface area contributed by atoms with Gasteiger partial charge in [0, 0.05) is 23.7 Å². The number of hydrogen-bond donors (Lipinski definition) is 3. The number of aliphatic hydroxyl groups is 1. The van der Waals surface area contributed by atoms with Crippen molar-refractivity contribution in [1.29, 1.82) is 0 Å². The van der Waals surface area contributed by atoms with Gasteiger partial charge in [-0.15, -0.1) is 0 Å². The van der Waals surface area contributed by atoms with Crippen molar-refractivity contribution in [2.24, 2.45) is 0 Å². The summed E-state index contributed by atoms with van der Waals surface area (Å²) in [5.41, 5.74) is -0.462. The number of nitrogens with one attached hydrogen (secondary N) is 2. The molecule has 9 heteroatoms. The molecule has 1 aromatic carbocycles. The van der Waals surface area contributed by atoms with E-state index in [0.717, 1.165) is 0 Å². The lowest BCUT2D eigenvalue weighted by Gasteiger charge is -2.11. The van der Waals surface area contributed by atoms with Gasteiger partial charge in [0.1, 0.15) is 16.9 Å². The highest BCUT2D eigenvalue weighted by Gasteiger charge is 2.13. The van der Waals surface area contributed by atoms with Crippen LogP contribution in [0.25, 0.3) is 11.0 Å². The van der Waals surface area contributed by atoms with Crippen molar-refractivity contribution in [1.82, 2.24) is 14.5 Å². The Kier molecular flexibility index (Phi) is 4.95. The molecule has 25 heavy (non-hydrogen) atoms. The summed E-state index contributed by atoms with van der Waals surface area (Å²) in [4.78, 5) is 31.1. The molecular weight excluding hydrogens is 395 g/mol. The lowest BCUT2D eigenvalue weighted by Crippen LogP contribution is -2.24. The van der Waals surface area contributed by atoms with E-state index in [-0.39, 0.29) is 35.6 Å². The van der Waals surface area contributed by atoms with Gasteiger partial charge in [-0.05, 0) is 24.6 Å². The van der Waals surface area contributed by atoms with Crippen LogP contribution in [-0.4, -0.2) is 26.2 Å². The first-order valence-electron chi connectivity index (χ1n) is 7.45. The molecule has 0 fully saturated rings. The molecule has 0 atom stereocenters. The topological polar surface area (TPSA) is 100 Å². The van der Waals surface area contributed by atoms with E-state index in [4.69, 9.17) is 5.11 Å². The summed E-state index contributed by atoms with van der Waals surface area (Å²) in [5.74, 6) is -0.535. The Morgan fingerprint density at radius 2 is 2.08 bits per heavy atom. The van der Waals surface area contributed by atoms with E-state index in [1.165, 1.54) is 29.1 Å². The van der Waals surface area contributed by atoms with Gasteiger partial charge >= 0.3 is 0 Å². The third-order valence-electron chi connectivity index (χ3n) is 3.58. The van der Waals surface area contributed by atoms with Gasteiger partial charge in [-0.3, -0.25) is 14.2 Å². The van der Waals surface area contributed by atoms with Gasteiger partial charge in [0.25, 0.3) is 11.1 Å². The molecule has 130 valence electrons. The highest BCUT2D eigenvalue weighted by molar-refractivity contribution is 9.10. The Bertz CT molecular complexity index is 1050. The van der Waals surface area contributed by atoms with Crippen molar-refractivity contribution < 1.29 is 9.50 Å². The van der Waals surface area contributed by atoms with E-state index in [2.05, 4.69) is 31.2 Å². The molecule has 2 heterocycles. The van der Waals surface area contributed by atoms with Crippen molar-refractivity contribution in [3.63, 3.8) is 0 Å². The average Bonchev–Trinajstić information content (AvgIpc) is 2.56. The molecule has 0 aliphatic heterocycles. The van der Waals surface area contributed by atoms with Crippen molar-refractivity contribution >= 4 is 38.3 Å². The molecule has 0 radical (unpaired) electrons. The van der Waals surface area contributed by atoms with Crippen LogP contribution in [0, 0.1) is 5.82 Å². The molecule has 3 aromatic rings. The van der Waals surface area contributed by atoms with Crippen LogP contribution in [-0.2, 0) is 6.54 Å². The number of aromatic nitrogens is 3. The molecule has 0 saturated carbocycles. The van der Waals surface area contributed by atoms with E-state index < -0.39 is 16.9 Å². The maximum atomic E-state index is 14.1. The minimum Gasteiger partial charge on any atom is -0.396 e. The van der Waals surface area contributed by atoms with Crippen molar-refractivity contribution in [3.8, 4) is 0 Å². The minimum atomic E-state index is -0.535. The van der Waals surface area contributed by atoms with Gasteiger partial charge in [-0.2, -0.15) is 0 Å². The summed E-state index contributed by atoms with van der Waals surface area (Å²) in [5, 5.41) is 11.9. The molecule has 0 amide bonds. The van der Waals surface area contributed by atoms with Crippen LogP contribution in [0.15, 0.2) is 44.7 Å². The molecule has 0 aliphatic rings. The van der Waals surface area contributed by atoms with Crippen LogP contribution in [0.5, 0.6) is 0 Å². The summed E-state index contributed by atoms with van der Waals surface area (Å²) in [6.45, 7) is 0.217. The minimum absolute atomic E-state index is 0.0642. The summed E-state index contributed by atoms with van der Waals surface area (Å²) in [6.07, 6.45) is 1.70. The number of aromatic amines is 1. The number of rotatable bonds is 5. The SMILES string of the molecule is O=c1cc(Nc2ccc(Br)cc2F)c2c(=O)n(CCCO)cnc2[nH]1. The number of halogens is 2. The average molecular weight is 409 g/mol. The first-order chi connectivity index (χ1) is 12.0. The lowest BCUT2D eigenvalue weighted by molar-refractivity contribution is 0.279. The summed E-state index contributed by atoms with van der Waals surface area (Å²) in [7, 11) is 0. The lowest BCUT2D eigenvalue weighted by atomic mass is 10.2. The zero-order valence-electron chi connectivity index (χ0n) is 12.9. The Morgan fingerprint density at radius 3 is 2.80 bits per heavy atom. The Labute approximate surface area is 149 Å². The Balaban J connectivity index is 2.15. The van der Waals surface area contributed by atoms with E-state index in [9.17, 15) is 14.0 Å². The van der Waals surface area contributed by atoms with Gasteiger partial charge in [0.05, 0.1) is 17.7 Å². The molecule has 0 bridgehead atoms. The molecule has 0 unspecified atom stereocenters. The fourth-order valence-electron chi connectivity index (χ4n) is 2.42. The third kappa shape index (κ3) is 3.62. The highest BCUT2D eigenvalue weighted by atomic mass is 79.9. The number of aliphatic hydroxyl groups excluding tert-OH is 1. The number of aryl methyl sites for hydroxylation is 1. The number of pyridine rings is 1. The van der Waals surface area contributed by atoms with Crippen LogP contribution in [0.3, 0.4) is 0 Å². The van der Waals surface area contributed by atoms with E-state index in [1.807, 2.05) is 0 Å². The number of nitrogens with zero attached hydrogens (tertiary/aromatic N) is 2. The number of H-pyrrole nitrogens is 1. The number of hydrogen-bond acceptors (Lipinski definition) is 5. The Hall–Kier alpha value is -2.52. The second kappa shape index (κ2) is 7.16. The Morgan fingerprint density at radius 1 is 1.28 bits per heavy atom. The third-order valence-corrected chi connectivity index (χ3v) is 4.07. The van der Waals surface area contributed by atoms with Crippen LogP contribution in [0.1, 0.15) is 6.42 Å². The van der Waals surface area contributed by atoms with E-state index in [0.29, 0.717) is 10.9 Å². The predicted octanol–water partition coefficient (Wildman–Crippen LogP) is 2.11. The number of anilines is 2. The summed E-state index contributed by atoms with van der Waals surface area (Å²) >= 11 is 3.17. The monoisotopic (exact) mass is 408 g/mol. The second-order valence-electron chi connectivity index (χ2n) is 5.34. The van der Waals surface area contributed by atoms with E-state index >= 15 is 0 Å². The van der Waals surface area contributed by atoms with Gasteiger partial charge in [-0.1, -0.05) is 15.9 Å². The van der Waals surface area contributed by atoms with E-state index in [1.54, 1.807) is 6.07 Å². The largest absolute Gasteiger partial charge is 0.396 e. The molecule has 2 aromatic heterocycles. The number of benzene rings is 1. The first kappa shape index (κ1) is 17.3. The molecule has 3 N–H and O–H groups in total. The quantitative estimate of drug-likeness (QED) is 0.600. The smallest absolute Gasteiger partial charge is 0.264 e. The van der Waals surface area contributed by atoms with Gasteiger partial charge in [0.2, 0.25) is 0 Å². The molecular formula is C16H14BrFN4O3. The van der Waals surface area contributed by atoms with Crippen molar-refractivity contribution in [3.05, 3.63) is 61.6 Å². The maximum absolute atomic E-state index is 14.1. The summed E-state index contributed by atoms with van der Waals surface area (Å²) < 4.78 is 16.0. The standard InChI is InChI=1S/C16H14BrFN4O3/c17-9-2-3-11(10(18)6-9)20-12-7-13(24)21-15-14(12)16(25)22(8-19-15)4-1-5-23/h2-3,6-8,23H,1,4-5H2,(H2,20,21,24).